The number of likely N-dealkylation sites (N-methyl/N-ethyl adjacent to an activating group) is 1. The van der Waals surface area contributed by atoms with Gasteiger partial charge in [-0.2, -0.15) is 0 Å². The summed E-state index contributed by atoms with van der Waals surface area (Å²) in [5, 5.41) is 11.0. The number of rotatable bonds is 14. The van der Waals surface area contributed by atoms with Crippen LogP contribution in [0.4, 0.5) is 0 Å². The van der Waals surface area contributed by atoms with E-state index in [4.69, 9.17) is 4.74 Å². The third kappa shape index (κ3) is 15.2. The fraction of sp³-hybridized carbons (Fsp3) is 0.895. The van der Waals surface area contributed by atoms with Crippen molar-refractivity contribution in [2.75, 3.05) is 27.7 Å². The molecular formula is C19H38ClNO4. The first kappa shape index (κ1) is 26.4. The molecule has 2 atom stereocenters. The molecule has 0 aliphatic heterocycles. The molecule has 0 fully saturated rings. The highest BCUT2D eigenvalue weighted by molar-refractivity contribution is 5.85. The summed E-state index contributed by atoms with van der Waals surface area (Å²) in [4.78, 5) is 23.5. The number of carboxylic acid groups (broad SMARTS) is 1. The van der Waals surface area contributed by atoms with E-state index < -0.39 is 12.1 Å². The molecule has 150 valence electrons. The molecule has 0 aromatic heterocycles. The molecule has 0 aromatic carbocycles. The molecule has 0 bridgehead atoms. The number of ether oxygens (including phenoxy) is 1. The average Bonchev–Trinajstić information content (AvgIpc) is 2.43. The molecule has 0 radical (unpaired) electrons. The summed E-state index contributed by atoms with van der Waals surface area (Å²) in [5.74, 6) is -1.52. The molecular weight excluding hydrogens is 342 g/mol. The van der Waals surface area contributed by atoms with Crippen molar-refractivity contribution >= 4 is 24.3 Å². The zero-order valence-electron chi connectivity index (χ0n) is 16.7. The van der Waals surface area contributed by atoms with Crippen LogP contribution in [0.5, 0.6) is 0 Å². The molecule has 25 heavy (non-hydrogen) atoms. The van der Waals surface area contributed by atoms with Gasteiger partial charge in [-0.1, -0.05) is 52.4 Å². The van der Waals surface area contributed by atoms with Gasteiger partial charge in [-0.25, -0.2) is 0 Å². The minimum atomic E-state index is -1.17. The van der Waals surface area contributed by atoms with Gasteiger partial charge in [0.1, 0.15) is 6.54 Å². The van der Waals surface area contributed by atoms with Crippen molar-refractivity contribution in [3.05, 3.63) is 0 Å². The van der Waals surface area contributed by atoms with E-state index in [1.54, 1.807) is 0 Å². The van der Waals surface area contributed by atoms with Gasteiger partial charge in [-0.15, -0.1) is 12.4 Å². The van der Waals surface area contributed by atoms with E-state index in [2.05, 4.69) is 13.8 Å². The van der Waals surface area contributed by atoms with E-state index in [0.717, 1.165) is 38.5 Å². The Labute approximate surface area is 160 Å². The minimum absolute atomic E-state index is 0. The maximum Gasteiger partial charge on any atom is 0.309 e. The Balaban J connectivity index is 0. The molecule has 0 heterocycles. The van der Waals surface area contributed by atoms with Gasteiger partial charge < -0.3 is 19.1 Å². The Morgan fingerprint density at radius 2 is 1.52 bits per heavy atom. The van der Waals surface area contributed by atoms with Gasteiger partial charge >= 0.3 is 5.97 Å². The second-order valence-electron chi connectivity index (χ2n) is 7.80. The van der Waals surface area contributed by atoms with E-state index in [1.165, 1.54) is 12.8 Å². The normalized spacial score (nSPS) is 13.6. The van der Waals surface area contributed by atoms with Gasteiger partial charge in [-0.3, -0.25) is 4.79 Å². The maximum absolute atomic E-state index is 12.5. The number of halogens is 1. The minimum Gasteiger partial charge on any atom is -0.550 e. The summed E-state index contributed by atoms with van der Waals surface area (Å²) in [5.41, 5.74) is 0. The van der Waals surface area contributed by atoms with Crippen molar-refractivity contribution in [1.29, 1.82) is 0 Å². The van der Waals surface area contributed by atoms with Crippen LogP contribution >= 0.6 is 12.4 Å². The molecule has 0 saturated heterocycles. The fourth-order valence-electron chi connectivity index (χ4n) is 2.85. The summed E-state index contributed by atoms with van der Waals surface area (Å²) in [6, 6.07) is 0. The number of hydrogen-bond donors (Lipinski definition) is 0. The SMILES string of the molecule is CCCCCCC(CCCC)C(=O)O[C@H](CC(=O)[O-])C[N+](C)(C)C.Cl. The lowest BCUT2D eigenvalue weighted by Gasteiger charge is -2.30. The first-order valence-corrected chi connectivity index (χ1v) is 9.40. The predicted octanol–water partition coefficient (Wildman–Crippen LogP) is 2.94. The quantitative estimate of drug-likeness (QED) is 0.264. The Bertz CT molecular complexity index is 369. The van der Waals surface area contributed by atoms with E-state index in [1.807, 2.05) is 21.1 Å². The fourth-order valence-corrected chi connectivity index (χ4v) is 2.85. The number of carbonyl (C=O) groups excluding carboxylic acids is 2. The highest BCUT2D eigenvalue weighted by atomic mass is 35.5. The largest absolute Gasteiger partial charge is 0.550 e. The molecule has 0 spiro atoms. The van der Waals surface area contributed by atoms with Gasteiger partial charge in [0.25, 0.3) is 0 Å². The monoisotopic (exact) mass is 379 g/mol. The first-order chi connectivity index (χ1) is 11.2. The van der Waals surface area contributed by atoms with Gasteiger partial charge in [-0.05, 0) is 12.8 Å². The van der Waals surface area contributed by atoms with Crippen LogP contribution in [0.2, 0.25) is 0 Å². The van der Waals surface area contributed by atoms with Crippen LogP contribution in [-0.2, 0) is 14.3 Å². The van der Waals surface area contributed by atoms with Crippen molar-refractivity contribution < 1.29 is 23.9 Å². The number of aliphatic carboxylic acids is 1. The standard InChI is InChI=1S/C19H37NO4.ClH/c1-6-8-10-11-13-16(12-9-7-2)19(23)24-17(14-18(21)22)15-20(3,4)5;/h16-17H,6-15H2,1-5H3;1H/t16?,17-;/m1./s1. The molecule has 0 aliphatic carbocycles. The lowest BCUT2D eigenvalue weighted by Crippen LogP contribution is -2.45. The average molecular weight is 380 g/mol. The van der Waals surface area contributed by atoms with Crippen molar-refractivity contribution in [1.82, 2.24) is 0 Å². The highest BCUT2D eigenvalue weighted by Crippen LogP contribution is 2.20. The molecule has 6 heteroatoms. The van der Waals surface area contributed by atoms with Crippen molar-refractivity contribution in [3.8, 4) is 0 Å². The van der Waals surface area contributed by atoms with Crippen LogP contribution in [0.15, 0.2) is 0 Å². The molecule has 5 nitrogen and oxygen atoms in total. The van der Waals surface area contributed by atoms with Gasteiger partial charge in [0.05, 0.1) is 27.1 Å². The molecule has 0 aromatic rings. The lowest BCUT2D eigenvalue weighted by molar-refractivity contribution is -0.873. The van der Waals surface area contributed by atoms with E-state index in [-0.39, 0.29) is 30.7 Å². The summed E-state index contributed by atoms with van der Waals surface area (Å²) >= 11 is 0. The van der Waals surface area contributed by atoms with Crippen LogP contribution in [0.1, 0.15) is 71.6 Å². The van der Waals surface area contributed by atoms with E-state index in [9.17, 15) is 14.7 Å². The zero-order chi connectivity index (χ0) is 18.6. The second kappa shape index (κ2) is 14.4. The number of nitrogens with zero attached hydrogens (tertiary/aromatic N) is 1. The van der Waals surface area contributed by atoms with Gasteiger partial charge in [0, 0.05) is 12.4 Å². The number of hydrogen-bond acceptors (Lipinski definition) is 4. The van der Waals surface area contributed by atoms with Gasteiger partial charge in [0.2, 0.25) is 0 Å². The van der Waals surface area contributed by atoms with Crippen LogP contribution in [0.3, 0.4) is 0 Å². The zero-order valence-corrected chi connectivity index (χ0v) is 17.5. The maximum atomic E-state index is 12.5. The molecule has 1 unspecified atom stereocenters. The Hall–Kier alpha value is -0.810. The first-order valence-electron chi connectivity index (χ1n) is 9.40. The predicted molar refractivity (Wildman–Crippen MR) is 101 cm³/mol. The molecule has 0 saturated carbocycles. The number of carboxylic acids is 1. The van der Waals surface area contributed by atoms with Crippen LogP contribution in [0.25, 0.3) is 0 Å². The summed E-state index contributed by atoms with van der Waals surface area (Å²) < 4.78 is 6.12. The van der Waals surface area contributed by atoms with Gasteiger partial charge in [0.15, 0.2) is 6.10 Å². The van der Waals surface area contributed by atoms with Crippen LogP contribution in [0, 0.1) is 5.92 Å². The Morgan fingerprint density at radius 3 is 2.00 bits per heavy atom. The molecule has 0 rings (SSSR count). The third-order valence-electron chi connectivity index (χ3n) is 4.07. The number of carbonyl (C=O) groups is 2. The number of unbranched alkanes of at least 4 members (excludes halogenated alkanes) is 4. The van der Waals surface area contributed by atoms with E-state index >= 15 is 0 Å². The van der Waals surface area contributed by atoms with Crippen LogP contribution in [-0.4, -0.2) is 50.2 Å². The van der Waals surface area contributed by atoms with Crippen molar-refractivity contribution in [2.24, 2.45) is 5.92 Å². The molecule has 0 aliphatic rings. The van der Waals surface area contributed by atoms with Crippen molar-refractivity contribution in [3.63, 3.8) is 0 Å². The van der Waals surface area contributed by atoms with Crippen LogP contribution < -0.4 is 5.11 Å². The van der Waals surface area contributed by atoms with E-state index in [0.29, 0.717) is 11.0 Å². The summed E-state index contributed by atoms with van der Waals surface area (Å²) in [6.07, 6.45) is 7.34. The smallest absolute Gasteiger partial charge is 0.309 e. The summed E-state index contributed by atoms with van der Waals surface area (Å²) in [7, 11) is 5.86. The van der Waals surface area contributed by atoms with Crippen molar-refractivity contribution in [2.45, 2.75) is 77.7 Å². The summed E-state index contributed by atoms with van der Waals surface area (Å²) in [6.45, 7) is 4.74. The number of quaternary nitrogens is 1. The topological polar surface area (TPSA) is 66.4 Å². The third-order valence-corrected chi connectivity index (χ3v) is 4.07. The Kier molecular flexibility index (Phi) is 15.2. The lowest BCUT2D eigenvalue weighted by atomic mass is 9.95. The molecule has 0 N–H and O–H groups in total. The highest BCUT2D eigenvalue weighted by Gasteiger charge is 2.26. The Morgan fingerprint density at radius 1 is 0.960 bits per heavy atom. The second-order valence-corrected chi connectivity index (χ2v) is 7.80. The number of esters is 1. The molecule has 0 amide bonds.